The van der Waals surface area contributed by atoms with Crippen LogP contribution in [0.3, 0.4) is 0 Å². The van der Waals surface area contributed by atoms with E-state index in [1.807, 2.05) is 12.1 Å². The molecular formula is C7H6BrO3S-. The standard InChI is InChI=1S/C7H7BrO3S/c8-7-3-1-2-6(4-7)5-11-12(9)10/h1-4H,5H2,(H,9,10)/p-1. The zero-order valence-electron chi connectivity index (χ0n) is 6.03. The van der Waals surface area contributed by atoms with Gasteiger partial charge in [-0.1, -0.05) is 28.1 Å². The van der Waals surface area contributed by atoms with Crippen LogP contribution in [0, 0.1) is 0 Å². The summed E-state index contributed by atoms with van der Waals surface area (Å²) in [4.78, 5) is 0. The van der Waals surface area contributed by atoms with Gasteiger partial charge in [0.05, 0.1) is 18.0 Å². The molecule has 0 aliphatic rings. The molecule has 5 heteroatoms. The third kappa shape index (κ3) is 3.44. The molecule has 0 aliphatic heterocycles. The highest BCUT2D eigenvalue weighted by Gasteiger charge is 1.93. The Labute approximate surface area is 81.4 Å². The molecule has 0 N–H and O–H groups in total. The van der Waals surface area contributed by atoms with Crippen molar-refractivity contribution in [2.45, 2.75) is 6.61 Å². The largest absolute Gasteiger partial charge is 0.750 e. The molecule has 0 heterocycles. The fourth-order valence-electron chi connectivity index (χ4n) is 0.743. The van der Waals surface area contributed by atoms with Crippen molar-refractivity contribution in [2.75, 3.05) is 0 Å². The van der Waals surface area contributed by atoms with E-state index in [-0.39, 0.29) is 6.61 Å². The average molecular weight is 250 g/mol. The second-order valence-corrected chi connectivity index (χ2v) is 3.66. The maximum atomic E-state index is 10.0. The van der Waals surface area contributed by atoms with Gasteiger partial charge in [0, 0.05) is 4.47 Å². The molecular weight excluding hydrogens is 244 g/mol. The van der Waals surface area contributed by atoms with Crippen LogP contribution in [0.15, 0.2) is 28.7 Å². The van der Waals surface area contributed by atoms with E-state index in [1.54, 1.807) is 12.1 Å². The Morgan fingerprint density at radius 2 is 2.33 bits per heavy atom. The van der Waals surface area contributed by atoms with Crippen LogP contribution in [0.2, 0.25) is 0 Å². The molecule has 0 amide bonds. The molecule has 0 spiro atoms. The number of hydrogen-bond donors (Lipinski definition) is 0. The Bertz CT molecular complexity index is 290. The lowest BCUT2D eigenvalue weighted by Gasteiger charge is -2.05. The monoisotopic (exact) mass is 249 g/mol. The summed E-state index contributed by atoms with van der Waals surface area (Å²) in [6, 6.07) is 7.26. The van der Waals surface area contributed by atoms with E-state index in [4.69, 9.17) is 0 Å². The second kappa shape index (κ2) is 4.71. The van der Waals surface area contributed by atoms with Crippen molar-refractivity contribution in [3.63, 3.8) is 0 Å². The van der Waals surface area contributed by atoms with Gasteiger partial charge < -0.3 is 4.55 Å². The number of hydrogen-bond acceptors (Lipinski definition) is 3. The van der Waals surface area contributed by atoms with Gasteiger partial charge in [0.15, 0.2) is 0 Å². The fourth-order valence-corrected chi connectivity index (χ4v) is 1.42. The molecule has 0 saturated heterocycles. The van der Waals surface area contributed by atoms with Crippen molar-refractivity contribution in [3.8, 4) is 0 Å². The van der Waals surface area contributed by atoms with Crippen molar-refractivity contribution in [3.05, 3.63) is 34.3 Å². The van der Waals surface area contributed by atoms with Crippen LogP contribution in [0.5, 0.6) is 0 Å². The third-order valence-corrected chi connectivity index (χ3v) is 2.01. The van der Waals surface area contributed by atoms with Crippen LogP contribution in [0.25, 0.3) is 0 Å². The molecule has 1 aromatic carbocycles. The summed E-state index contributed by atoms with van der Waals surface area (Å²) in [5.74, 6) is 0. The van der Waals surface area contributed by atoms with Crippen molar-refractivity contribution in [1.29, 1.82) is 0 Å². The zero-order valence-corrected chi connectivity index (χ0v) is 8.43. The topological polar surface area (TPSA) is 49.4 Å². The van der Waals surface area contributed by atoms with Crippen LogP contribution in [0.4, 0.5) is 0 Å². The van der Waals surface area contributed by atoms with E-state index < -0.39 is 11.4 Å². The van der Waals surface area contributed by atoms with Crippen molar-refractivity contribution in [1.82, 2.24) is 0 Å². The molecule has 1 aromatic rings. The van der Waals surface area contributed by atoms with Gasteiger partial charge >= 0.3 is 0 Å². The molecule has 3 nitrogen and oxygen atoms in total. The van der Waals surface area contributed by atoms with Crippen molar-refractivity contribution >= 4 is 27.3 Å². The Morgan fingerprint density at radius 1 is 1.58 bits per heavy atom. The van der Waals surface area contributed by atoms with Gasteiger partial charge in [0.25, 0.3) is 0 Å². The second-order valence-electron chi connectivity index (χ2n) is 2.10. The van der Waals surface area contributed by atoms with Gasteiger partial charge in [-0.15, -0.1) is 0 Å². The summed E-state index contributed by atoms with van der Waals surface area (Å²) in [7, 11) is 0. The van der Waals surface area contributed by atoms with Crippen molar-refractivity contribution in [2.24, 2.45) is 0 Å². The van der Waals surface area contributed by atoms with Crippen LogP contribution < -0.4 is 0 Å². The van der Waals surface area contributed by atoms with E-state index in [2.05, 4.69) is 20.1 Å². The highest BCUT2D eigenvalue weighted by atomic mass is 79.9. The van der Waals surface area contributed by atoms with Crippen LogP contribution in [-0.2, 0) is 22.2 Å². The first-order chi connectivity index (χ1) is 5.68. The minimum Gasteiger partial charge on any atom is -0.750 e. The molecule has 0 radical (unpaired) electrons. The quantitative estimate of drug-likeness (QED) is 0.768. The molecule has 1 rings (SSSR count). The molecule has 0 aromatic heterocycles. The number of benzene rings is 1. The molecule has 0 bridgehead atoms. The van der Waals surface area contributed by atoms with E-state index in [0.717, 1.165) is 10.0 Å². The maximum Gasteiger partial charge on any atom is 0.0880 e. The minimum atomic E-state index is -2.44. The molecule has 0 aliphatic carbocycles. The molecule has 1 unspecified atom stereocenters. The molecule has 0 fully saturated rings. The Hall–Kier alpha value is -0.230. The highest BCUT2D eigenvalue weighted by molar-refractivity contribution is 9.10. The predicted molar refractivity (Wildman–Crippen MR) is 47.9 cm³/mol. The highest BCUT2D eigenvalue weighted by Crippen LogP contribution is 2.12. The molecule has 66 valence electrons. The van der Waals surface area contributed by atoms with Crippen molar-refractivity contribution < 1.29 is 12.9 Å². The van der Waals surface area contributed by atoms with Gasteiger partial charge in [-0.05, 0) is 17.7 Å². The molecule has 0 saturated carbocycles. The Kier molecular flexibility index (Phi) is 3.87. The smallest absolute Gasteiger partial charge is 0.0880 e. The predicted octanol–water partition coefficient (Wildman–Crippen LogP) is 1.76. The first-order valence-electron chi connectivity index (χ1n) is 3.15. The lowest BCUT2D eigenvalue weighted by molar-refractivity contribution is 0.291. The van der Waals surface area contributed by atoms with Gasteiger partial charge in [-0.3, -0.25) is 4.18 Å². The summed E-state index contributed by atoms with van der Waals surface area (Å²) < 4.78 is 25.3. The summed E-state index contributed by atoms with van der Waals surface area (Å²) in [5, 5.41) is 0. The lowest BCUT2D eigenvalue weighted by atomic mass is 10.2. The van der Waals surface area contributed by atoms with E-state index in [1.165, 1.54) is 0 Å². The summed E-state index contributed by atoms with van der Waals surface area (Å²) in [5.41, 5.74) is 0.813. The van der Waals surface area contributed by atoms with E-state index in [9.17, 15) is 8.76 Å². The van der Waals surface area contributed by atoms with Crippen LogP contribution in [0.1, 0.15) is 5.56 Å². The first kappa shape index (κ1) is 9.85. The summed E-state index contributed by atoms with van der Waals surface area (Å²) in [6.07, 6.45) is 0. The van der Waals surface area contributed by atoms with Gasteiger partial charge in [0.1, 0.15) is 0 Å². The fraction of sp³-hybridized carbons (Fsp3) is 0.143. The number of rotatable bonds is 3. The normalized spacial score (nSPS) is 12.8. The molecule has 12 heavy (non-hydrogen) atoms. The van der Waals surface area contributed by atoms with Gasteiger partial charge in [-0.2, -0.15) is 0 Å². The summed E-state index contributed by atoms with van der Waals surface area (Å²) >= 11 is 0.822. The SMILES string of the molecule is O=S([O-])OCc1cccc(Br)c1. The van der Waals surface area contributed by atoms with E-state index in [0.29, 0.717) is 0 Å². The average Bonchev–Trinajstić information content (AvgIpc) is 2.01. The zero-order chi connectivity index (χ0) is 8.97. The van der Waals surface area contributed by atoms with E-state index >= 15 is 0 Å². The minimum absolute atomic E-state index is 0.0789. The maximum absolute atomic E-state index is 10.0. The van der Waals surface area contributed by atoms with Gasteiger partial charge in [-0.25, -0.2) is 4.21 Å². The Morgan fingerprint density at radius 3 is 2.92 bits per heavy atom. The first-order valence-corrected chi connectivity index (χ1v) is 4.95. The summed E-state index contributed by atoms with van der Waals surface area (Å²) in [6.45, 7) is 0.0789. The van der Waals surface area contributed by atoms with Gasteiger partial charge in [0.2, 0.25) is 0 Å². The van der Waals surface area contributed by atoms with Crippen LogP contribution >= 0.6 is 15.9 Å². The molecule has 1 atom stereocenters. The lowest BCUT2D eigenvalue weighted by Crippen LogP contribution is -1.95. The third-order valence-electron chi connectivity index (χ3n) is 1.21. The number of halogens is 1. The Balaban J connectivity index is 2.57. The van der Waals surface area contributed by atoms with Crippen LogP contribution in [-0.4, -0.2) is 8.76 Å².